The highest BCUT2D eigenvalue weighted by Crippen LogP contribution is 2.17. The van der Waals surface area contributed by atoms with E-state index in [9.17, 15) is 19.5 Å². The number of nitrogens with two attached hydrogens (primary N) is 1. The predicted molar refractivity (Wildman–Crippen MR) is 115 cm³/mol. The third kappa shape index (κ3) is 4.37. The first-order valence-corrected chi connectivity index (χ1v) is 10.1. The topological polar surface area (TPSA) is 120 Å². The normalized spacial score (nSPS) is 14.7. The number of morpholine rings is 1. The van der Waals surface area contributed by atoms with E-state index in [2.05, 4.69) is 4.90 Å². The minimum Gasteiger partial charge on any atom is -0.508 e. The van der Waals surface area contributed by atoms with E-state index >= 15 is 0 Å². The molecule has 3 aromatic rings. The molecule has 2 aromatic carbocycles. The van der Waals surface area contributed by atoms with Crippen molar-refractivity contribution < 1.29 is 14.6 Å². The highest BCUT2D eigenvalue weighted by molar-refractivity contribution is 5.92. The zero-order valence-corrected chi connectivity index (χ0v) is 17.0. The molecule has 0 aliphatic carbocycles. The zero-order chi connectivity index (χ0) is 22.0. The van der Waals surface area contributed by atoms with Crippen molar-refractivity contribution in [3.8, 4) is 5.75 Å². The van der Waals surface area contributed by atoms with Gasteiger partial charge in [0.15, 0.2) is 0 Å². The fourth-order valence-electron chi connectivity index (χ4n) is 3.78. The van der Waals surface area contributed by atoms with Gasteiger partial charge >= 0.3 is 5.69 Å². The van der Waals surface area contributed by atoms with Gasteiger partial charge in [-0.3, -0.25) is 23.6 Å². The third-order valence-corrected chi connectivity index (χ3v) is 5.53. The first kappa shape index (κ1) is 20.8. The van der Waals surface area contributed by atoms with Crippen LogP contribution in [0.1, 0.15) is 15.9 Å². The van der Waals surface area contributed by atoms with Crippen LogP contribution in [0.15, 0.2) is 52.1 Å². The summed E-state index contributed by atoms with van der Waals surface area (Å²) in [6.07, 6.45) is 0. The number of rotatable bonds is 6. The monoisotopic (exact) mass is 424 g/mol. The minimum absolute atomic E-state index is 0.0322. The number of phenols is 1. The maximum absolute atomic E-state index is 13.3. The van der Waals surface area contributed by atoms with E-state index in [1.807, 2.05) is 0 Å². The van der Waals surface area contributed by atoms with Crippen LogP contribution >= 0.6 is 0 Å². The van der Waals surface area contributed by atoms with Gasteiger partial charge in [-0.2, -0.15) is 0 Å². The van der Waals surface area contributed by atoms with Gasteiger partial charge in [0.2, 0.25) is 5.91 Å². The van der Waals surface area contributed by atoms with E-state index in [-0.39, 0.29) is 24.4 Å². The predicted octanol–water partition coefficient (Wildman–Crippen LogP) is 0.348. The fourth-order valence-corrected chi connectivity index (χ4v) is 3.78. The van der Waals surface area contributed by atoms with E-state index in [4.69, 9.17) is 10.5 Å². The van der Waals surface area contributed by atoms with Crippen LogP contribution in [0.25, 0.3) is 10.9 Å². The molecule has 1 fully saturated rings. The standard InChI is InChI=1S/C22H24N4O5/c23-20(28)16-3-1-15(2-4-16)14-26-19-13-17(27)5-6-18(19)21(29)25(22(26)30)8-7-24-9-11-31-12-10-24/h1-6,13,27H,7-12,14H2,(H2,23,28). The molecule has 1 aliphatic heterocycles. The molecule has 0 saturated carbocycles. The average Bonchev–Trinajstić information content (AvgIpc) is 2.77. The van der Waals surface area contributed by atoms with Crippen LogP contribution < -0.4 is 17.0 Å². The number of phenolic OH excluding ortho intramolecular Hbond substituents is 1. The van der Waals surface area contributed by atoms with E-state index in [1.165, 1.54) is 27.3 Å². The second-order valence-electron chi connectivity index (χ2n) is 7.54. The number of primary amides is 1. The van der Waals surface area contributed by atoms with Gasteiger partial charge in [0.05, 0.1) is 30.7 Å². The average molecular weight is 424 g/mol. The van der Waals surface area contributed by atoms with Crippen molar-refractivity contribution in [2.45, 2.75) is 13.1 Å². The molecule has 0 radical (unpaired) electrons. The summed E-state index contributed by atoms with van der Waals surface area (Å²) in [5, 5.41) is 10.3. The van der Waals surface area contributed by atoms with Gasteiger partial charge in [0.1, 0.15) is 5.75 Å². The number of fused-ring (bicyclic) bond motifs is 1. The molecule has 0 bridgehead atoms. The van der Waals surface area contributed by atoms with E-state index < -0.39 is 11.6 Å². The van der Waals surface area contributed by atoms with Gasteiger partial charge in [-0.25, -0.2) is 4.79 Å². The number of amides is 1. The van der Waals surface area contributed by atoms with Crippen molar-refractivity contribution in [1.29, 1.82) is 0 Å². The zero-order valence-electron chi connectivity index (χ0n) is 17.0. The Hall–Kier alpha value is -3.43. The molecule has 9 heteroatoms. The SMILES string of the molecule is NC(=O)c1ccc(Cn2c(=O)n(CCN3CCOCC3)c(=O)c3ccc(O)cc32)cc1. The van der Waals surface area contributed by atoms with E-state index in [1.54, 1.807) is 24.3 Å². The molecular weight excluding hydrogens is 400 g/mol. The van der Waals surface area contributed by atoms with Crippen molar-refractivity contribution in [3.05, 3.63) is 74.4 Å². The number of ether oxygens (including phenoxy) is 1. The van der Waals surface area contributed by atoms with Crippen molar-refractivity contribution in [2.75, 3.05) is 32.8 Å². The lowest BCUT2D eigenvalue weighted by atomic mass is 10.1. The number of nitrogens with zero attached hydrogens (tertiary/aromatic N) is 3. The molecule has 0 unspecified atom stereocenters. The number of aromatic hydroxyl groups is 1. The van der Waals surface area contributed by atoms with Crippen molar-refractivity contribution >= 4 is 16.8 Å². The Labute approximate surface area is 177 Å². The van der Waals surface area contributed by atoms with E-state index in [0.717, 1.165) is 18.7 Å². The van der Waals surface area contributed by atoms with Crippen LogP contribution in [0.3, 0.4) is 0 Å². The second kappa shape index (κ2) is 8.75. The number of carbonyl (C=O) groups is 1. The Kier molecular flexibility index (Phi) is 5.88. The summed E-state index contributed by atoms with van der Waals surface area (Å²) in [6.45, 7) is 3.79. The van der Waals surface area contributed by atoms with Crippen molar-refractivity contribution in [3.63, 3.8) is 0 Å². The van der Waals surface area contributed by atoms with Crippen LogP contribution in [0.2, 0.25) is 0 Å². The summed E-state index contributed by atoms with van der Waals surface area (Å²) in [5.41, 5.74) is 5.95. The van der Waals surface area contributed by atoms with Crippen LogP contribution in [0.5, 0.6) is 5.75 Å². The van der Waals surface area contributed by atoms with Crippen LogP contribution in [0.4, 0.5) is 0 Å². The quantitative estimate of drug-likeness (QED) is 0.589. The lowest BCUT2D eigenvalue weighted by Gasteiger charge is -2.26. The molecule has 1 aromatic heterocycles. The van der Waals surface area contributed by atoms with Gasteiger partial charge in [-0.15, -0.1) is 0 Å². The summed E-state index contributed by atoms with van der Waals surface area (Å²) >= 11 is 0. The van der Waals surface area contributed by atoms with Crippen LogP contribution in [-0.4, -0.2) is 57.9 Å². The lowest BCUT2D eigenvalue weighted by molar-refractivity contribution is 0.0361. The molecule has 1 amide bonds. The van der Waals surface area contributed by atoms with Crippen LogP contribution in [-0.2, 0) is 17.8 Å². The molecule has 3 N–H and O–H groups in total. The molecule has 1 aliphatic rings. The number of hydrogen-bond donors (Lipinski definition) is 2. The summed E-state index contributed by atoms with van der Waals surface area (Å²) in [5.74, 6) is -0.564. The maximum Gasteiger partial charge on any atom is 0.331 e. The summed E-state index contributed by atoms with van der Waals surface area (Å²) in [7, 11) is 0. The van der Waals surface area contributed by atoms with Crippen LogP contribution in [0, 0.1) is 0 Å². The highest BCUT2D eigenvalue weighted by atomic mass is 16.5. The van der Waals surface area contributed by atoms with Gasteiger partial charge in [0.25, 0.3) is 5.56 Å². The Morgan fingerprint density at radius 1 is 1.00 bits per heavy atom. The Bertz CT molecular complexity index is 1220. The molecule has 31 heavy (non-hydrogen) atoms. The van der Waals surface area contributed by atoms with Gasteiger partial charge in [0, 0.05) is 37.8 Å². The Morgan fingerprint density at radius 2 is 1.71 bits per heavy atom. The second-order valence-corrected chi connectivity index (χ2v) is 7.54. The summed E-state index contributed by atoms with van der Waals surface area (Å²) in [4.78, 5) is 39.8. The molecule has 0 atom stereocenters. The summed E-state index contributed by atoms with van der Waals surface area (Å²) < 4.78 is 8.06. The largest absolute Gasteiger partial charge is 0.508 e. The lowest BCUT2D eigenvalue weighted by Crippen LogP contribution is -2.44. The minimum atomic E-state index is -0.532. The number of benzene rings is 2. The van der Waals surface area contributed by atoms with Crippen molar-refractivity contribution in [2.24, 2.45) is 5.73 Å². The number of carbonyl (C=O) groups excluding carboxylic acids is 1. The Balaban J connectivity index is 1.74. The molecule has 2 heterocycles. The number of hydrogen-bond acceptors (Lipinski definition) is 6. The molecule has 1 saturated heterocycles. The highest BCUT2D eigenvalue weighted by Gasteiger charge is 2.16. The third-order valence-electron chi connectivity index (χ3n) is 5.53. The number of aromatic nitrogens is 2. The summed E-state index contributed by atoms with van der Waals surface area (Å²) in [6, 6.07) is 11.0. The van der Waals surface area contributed by atoms with Crippen molar-refractivity contribution in [1.82, 2.24) is 14.0 Å². The molecular formula is C22H24N4O5. The first-order chi connectivity index (χ1) is 14.9. The van der Waals surface area contributed by atoms with E-state index in [0.29, 0.717) is 36.2 Å². The fraction of sp³-hybridized carbons (Fsp3) is 0.318. The molecule has 4 rings (SSSR count). The Morgan fingerprint density at radius 3 is 2.39 bits per heavy atom. The smallest absolute Gasteiger partial charge is 0.331 e. The molecule has 9 nitrogen and oxygen atoms in total. The van der Waals surface area contributed by atoms with Gasteiger partial charge < -0.3 is 15.6 Å². The van der Waals surface area contributed by atoms with Gasteiger partial charge in [-0.1, -0.05) is 12.1 Å². The first-order valence-electron chi connectivity index (χ1n) is 10.1. The molecule has 162 valence electrons. The van der Waals surface area contributed by atoms with Gasteiger partial charge in [-0.05, 0) is 29.8 Å². The maximum atomic E-state index is 13.3. The molecule has 0 spiro atoms.